The summed E-state index contributed by atoms with van der Waals surface area (Å²) < 4.78 is 2.01. The summed E-state index contributed by atoms with van der Waals surface area (Å²) in [5.74, 6) is 1.92. The van der Waals surface area contributed by atoms with Crippen molar-refractivity contribution in [3.63, 3.8) is 0 Å². The first kappa shape index (κ1) is 15.1. The lowest BCUT2D eigenvalue weighted by molar-refractivity contribution is -0.113. The van der Waals surface area contributed by atoms with Crippen molar-refractivity contribution in [1.82, 2.24) is 14.8 Å². The molecule has 0 atom stereocenters. The van der Waals surface area contributed by atoms with Gasteiger partial charge >= 0.3 is 0 Å². The molecule has 3 rings (SSSR count). The van der Waals surface area contributed by atoms with Crippen molar-refractivity contribution in [2.24, 2.45) is 7.05 Å². The maximum Gasteiger partial charge on any atom is 0.234 e. The summed E-state index contributed by atoms with van der Waals surface area (Å²) in [6.07, 6.45) is 2.40. The molecule has 1 aromatic carbocycles. The van der Waals surface area contributed by atoms with Gasteiger partial charge in [0, 0.05) is 18.7 Å². The molecule has 5 nitrogen and oxygen atoms in total. The molecule has 0 unspecified atom stereocenters. The van der Waals surface area contributed by atoms with E-state index >= 15 is 0 Å². The Morgan fingerprint density at radius 3 is 2.82 bits per heavy atom. The highest BCUT2D eigenvalue weighted by Crippen LogP contribution is 2.39. The third-order valence-corrected chi connectivity index (χ3v) is 4.82. The predicted octanol–water partition coefficient (Wildman–Crippen LogP) is 3.04. The molecule has 0 spiro atoms. The zero-order valence-electron chi connectivity index (χ0n) is 13.1. The van der Waals surface area contributed by atoms with Gasteiger partial charge in [-0.05, 0) is 38.3 Å². The number of hydrogen-bond donors (Lipinski definition) is 1. The van der Waals surface area contributed by atoms with Crippen LogP contribution < -0.4 is 5.32 Å². The lowest BCUT2D eigenvalue weighted by atomic mass is 10.1. The molecule has 2 aromatic rings. The Hall–Kier alpha value is -1.82. The van der Waals surface area contributed by atoms with Crippen LogP contribution >= 0.6 is 11.8 Å². The molecule has 0 saturated heterocycles. The molecule has 1 amide bonds. The normalized spacial score (nSPS) is 14.1. The van der Waals surface area contributed by atoms with E-state index in [-0.39, 0.29) is 5.91 Å². The van der Waals surface area contributed by atoms with Gasteiger partial charge in [0.15, 0.2) is 5.16 Å². The molecule has 1 heterocycles. The molecule has 1 fully saturated rings. The van der Waals surface area contributed by atoms with Crippen LogP contribution in [0.2, 0.25) is 0 Å². The Bertz CT molecular complexity index is 706. The van der Waals surface area contributed by atoms with Crippen LogP contribution in [0.4, 0.5) is 5.69 Å². The molecule has 1 aromatic heterocycles. The van der Waals surface area contributed by atoms with E-state index in [1.807, 2.05) is 37.6 Å². The van der Waals surface area contributed by atoms with Gasteiger partial charge in [-0.1, -0.05) is 29.5 Å². The van der Waals surface area contributed by atoms with E-state index in [1.54, 1.807) is 0 Å². The van der Waals surface area contributed by atoms with Crippen LogP contribution in [0.1, 0.15) is 35.7 Å². The van der Waals surface area contributed by atoms with Crippen LogP contribution in [0.5, 0.6) is 0 Å². The third kappa shape index (κ3) is 3.32. The number of nitrogens with zero attached hydrogens (tertiary/aromatic N) is 3. The second-order valence-electron chi connectivity index (χ2n) is 5.83. The number of aryl methyl sites for hydroxylation is 2. The first-order chi connectivity index (χ1) is 10.5. The number of rotatable bonds is 5. The highest BCUT2D eigenvalue weighted by Gasteiger charge is 2.29. The van der Waals surface area contributed by atoms with E-state index < -0.39 is 0 Å². The Balaban J connectivity index is 1.58. The van der Waals surface area contributed by atoms with Gasteiger partial charge in [-0.25, -0.2) is 0 Å². The predicted molar refractivity (Wildman–Crippen MR) is 88.2 cm³/mol. The van der Waals surface area contributed by atoms with Gasteiger partial charge in [0.1, 0.15) is 5.82 Å². The molecule has 22 heavy (non-hydrogen) atoms. The Labute approximate surface area is 134 Å². The van der Waals surface area contributed by atoms with E-state index in [0.717, 1.165) is 22.2 Å². The van der Waals surface area contributed by atoms with Gasteiger partial charge in [0.25, 0.3) is 0 Å². The number of amides is 1. The smallest absolute Gasteiger partial charge is 0.234 e. The van der Waals surface area contributed by atoms with E-state index in [4.69, 9.17) is 0 Å². The fourth-order valence-electron chi connectivity index (χ4n) is 2.42. The number of nitrogens with one attached hydrogen (secondary N) is 1. The van der Waals surface area contributed by atoms with Crippen LogP contribution in [0.15, 0.2) is 23.4 Å². The van der Waals surface area contributed by atoms with Crippen molar-refractivity contribution in [2.75, 3.05) is 11.1 Å². The highest BCUT2D eigenvalue weighted by molar-refractivity contribution is 7.99. The van der Waals surface area contributed by atoms with Crippen molar-refractivity contribution >= 4 is 23.4 Å². The Kier molecular flexibility index (Phi) is 4.20. The molecule has 1 aliphatic rings. The number of anilines is 1. The minimum absolute atomic E-state index is 0.0204. The van der Waals surface area contributed by atoms with Crippen LogP contribution in [0, 0.1) is 13.8 Å². The molecule has 0 bridgehead atoms. The van der Waals surface area contributed by atoms with E-state index in [9.17, 15) is 4.79 Å². The van der Waals surface area contributed by atoms with Gasteiger partial charge in [-0.15, -0.1) is 10.2 Å². The topological polar surface area (TPSA) is 59.8 Å². The monoisotopic (exact) mass is 316 g/mol. The van der Waals surface area contributed by atoms with Gasteiger partial charge in [-0.2, -0.15) is 0 Å². The van der Waals surface area contributed by atoms with Gasteiger partial charge in [0.05, 0.1) is 5.75 Å². The van der Waals surface area contributed by atoms with Gasteiger partial charge in [-0.3, -0.25) is 4.79 Å². The van der Waals surface area contributed by atoms with Crippen molar-refractivity contribution in [3.05, 3.63) is 35.2 Å². The van der Waals surface area contributed by atoms with Crippen LogP contribution in [0.25, 0.3) is 0 Å². The molecule has 1 aliphatic carbocycles. The number of hydrogen-bond acceptors (Lipinski definition) is 4. The number of benzene rings is 1. The summed E-state index contributed by atoms with van der Waals surface area (Å²) in [4.78, 5) is 12.1. The summed E-state index contributed by atoms with van der Waals surface area (Å²) in [7, 11) is 1.97. The van der Waals surface area contributed by atoms with E-state index in [0.29, 0.717) is 11.7 Å². The number of carbonyl (C=O) groups excluding carboxylic acids is 1. The lowest BCUT2D eigenvalue weighted by Gasteiger charge is -2.09. The second-order valence-corrected chi connectivity index (χ2v) is 6.77. The SMILES string of the molecule is Cc1ccc(NC(=O)CSc2nnc(C3CC3)n2C)c(C)c1. The standard InChI is InChI=1S/C16H20N4OS/c1-10-4-7-13(11(2)8-10)17-14(21)9-22-16-19-18-15(20(16)3)12-5-6-12/h4,7-8,12H,5-6,9H2,1-3H3,(H,17,21). The maximum absolute atomic E-state index is 12.1. The van der Waals surface area contributed by atoms with Crippen molar-refractivity contribution < 1.29 is 4.79 Å². The average Bonchev–Trinajstić information content (AvgIpc) is 3.24. The molecule has 6 heteroatoms. The highest BCUT2D eigenvalue weighted by atomic mass is 32.2. The van der Waals surface area contributed by atoms with Crippen LogP contribution in [-0.2, 0) is 11.8 Å². The Morgan fingerprint density at radius 2 is 2.14 bits per heavy atom. The van der Waals surface area contributed by atoms with Crippen LogP contribution in [0.3, 0.4) is 0 Å². The van der Waals surface area contributed by atoms with Gasteiger partial charge in [0.2, 0.25) is 5.91 Å². The quantitative estimate of drug-likeness (QED) is 0.861. The summed E-state index contributed by atoms with van der Waals surface area (Å²) in [5.41, 5.74) is 3.14. The molecule has 1 saturated carbocycles. The van der Waals surface area contributed by atoms with Gasteiger partial charge < -0.3 is 9.88 Å². The first-order valence-electron chi connectivity index (χ1n) is 7.44. The molecule has 1 N–H and O–H groups in total. The summed E-state index contributed by atoms with van der Waals surface area (Å²) >= 11 is 1.43. The number of thioether (sulfide) groups is 1. The summed E-state index contributed by atoms with van der Waals surface area (Å²) in [5, 5.41) is 12.2. The van der Waals surface area contributed by atoms with Crippen molar-refractivity contribution in [3.8, 4) is 0 Å². The minimum atomic E-state index is -0.0204. The molecule has 0 radical (unpaired) electrons. The zero-order valence-corrected chi connectivity index (χ0v) is 13.9. The zero-order chi connectivity index (χ0) is 15.7. The van der Waals surface area contributed by atoms with E-state index in [1.165, 1.54) is 30.2 Å². The third-order valence-electron chi connectivity index (χ3n) is 3.80. The largest absolute Gasteiger partial charge is 0.325 e. The molecule has 116 valence electrons. The Morgan fingerprint density at radius 1 is 1.36 bits per heavy atom. The summed E-state index contributed by atoms with van der Waals surface area (Å²) in [6.45, 7) is 4.04. The molecular weight excluding hydrogens is 296 g/mol. The van der Waals surface area contributed by atoms with Crippen LogP contribution in [-0.4, -0.2) is 26.4 Å². The lowest BCUT2D eigenvalue weighted by Crippen LogP contribution is -2.15. The molecular formula is C16H20N4OS. The number of carbonyl (C=O) groups is 1. The fraction of sp³-hybridized carbons (Fsp3) is 0.438. The minimum Gasteiger partial charge on any atom is -0.325 e. The summed E-state index contributed by atoms with van der Waals surface area (Å²) in [6, 6.07) is 6.01. The fourth-order valence-corrected chi connectivity index (χ4v) is 3.14. The van der Waals surface area contributed by atoms with E-state index in [2.05, 4.69) is 21.6 Å². The maximum atomic E-state index is 12.1. The average molecular weight is 316 g/mol. The number of aromatic nitrogens is 3. The first-order valence-corrected chi connectivity index (χ1v) is 8.42. The van der Waals surface area contributed by atoms with Crippen molar-refractivity contribution in [1.29, 1.82) is 0 Å². The molecule has 0 aliphatic heterocycles. The van der Waals surface area contributed by atoms with Crippen molar-refractivity contribution in [2.45, 2.75) is 37.8 Å². The second kappa shape index (κ2) is 6.12.